The first kappa shape index (κ1) is 7.44. The Balaban J connectivity index is 3.54. The highest BCUT2D eigenvalue weighted by Gasteiger charge is 2.16. The Hall–Kier alpha value is 0.440. The molecule has 0 radical (unpaired) electrons. The van der Waals surface area contributed by atoms with Crippen molar-refractivity contribution in [2.45, 2.75) is 31.1 Å². The largest absolute Gasteiger partial charge is 0.325 e. The minimum atomic E-state index is -0.0833. The lowest BCUT2D eigenvalue weighted by molar-refractivity contribution is 0.521. The summed E-state index contributed by atoms with van der Waals surface area (Å²) in [5, 5.41) is 0. The van der Waals surface area contributed by atoms with Gasteiger partial charge in [-0.05, 0) is 13.8 Å². The highest BCUT2D eigenvalue weighted by Crippen LogP contribution is 2.11. The van der Waals surface area contributed by atoms with Gasteiger partial charge in [-0.3, -0.25) is 0 Å². The molecule has 0 heterocycles. The molecule has 0 aromatic rings. The van der Waals surface area contributed by atoms with E-state index >= 15 is 0 Å². The predicted molar refractivity (Wildman–Crippen MR) is 36.7 cm³/mol. The monoisotopic (exact) mass is 165 g/mol. The van der Waals surface area contributed by atoms with Crippen molar-refractivity contribution in [3.8, 4) is 0 Å². The lowest BCUT2D eigenvalue weighted by Crippen LogP contribution is -2.39. The van der Waals surface area contributed by atoms with Gasteiger partial charge < -0.3 is 5.73 Å². The van der Waals surface area contributed by atoms with Crippen molar-refractivity contribution in [1.82, 2.24) is 0 Å². The maximum absolute atomic E-state index is 5.63. The fourth-order valence-corrected chi connectivity index (χ4v) is 0. The molecule has 2 N–H and O–H groups in total. The first-order valence-electron chi connectivity index (χ1n) is 2.37. The van der Waals surface area contributed by atoms with Crippen LogP contribution in [0.2, 0.25) is 0 Å². The lowest BCUT2D eigenvalue weighted by Gasteiger charge is -2.20. The zero-order valence-corrected chi connectivity index (χ0v) is 6.62. The molecule has 0 saturated carbocycles. The lowest BCUT2D eigenvalue weighted by atomic mass is 10.0. The fourth-order valence-electron chi connectivity index (χ4n) is 0. The molecular weight excluding hydrogens is 154 g/mol. The maximum atomic E-state index is 5.63. The Morgan fingerprint density at radius 2 is 1.71 bits per heavy atom. The van der Waals surface area contributed by atoms with Gasteiger partial charge >= 0.3 is 0 Å². The molecule has 44 valence electrons. The third-order valence-electron chi connectivity index (χ3n) is 1.03. The molecule has 1 atom stereocenters. The fraction of sp³-hybridized carbons (Fsp3) is 1.00. The molecule has 0 aromatic carbocycles. The van der Waals surface area contributed by atoms with Gasteiger partial charge in [-0.15, -0.1) is 0 Å². The van der Waals surface area contributed by atoms with E-state index < -0.39 is 0 Å². The molecular formula is C5H12BrN. The summed E-state index contributed by atoms with van der Waals surface area (Å²) >= 11 is 3.37. The van der Waals surface area contributed by atoms with Crippen LogP contribution < -0.4 is 5.73 Å². The number of nitrogens with two attached hydrogens (primary N) is 1. The van der Waals surface area contributed by atoms with Crippen molar-refractivity contribution < 1.29 is 0 Å². The van der Waals surface area contributed by atoms with E-state index in [2.05, 4.69) is 15.9 Å². The van der Waals surface area contributed by atoms with Gasteiger partial charge in [-0.2, -0.15) is 0 Å². The van der Waals surface area contributed by atoms with Crippen LogP contribution in [0.4, 0.5) is 0 Å². The highest BCUT2D eigenvalue weighted by molar-refractivity contribution is 9.09. The molecule has 7 heavy (non-hydrogen) atoms. The van der Waals surface area contributed by atoms with Crippen LogP contribution in [-0.2, 0) is 0 Å². The molecule has 1 unspecified atom stereocenters. The van der Waals surface area contributed by atoms with E-state index in [0.717, 1.165) is 0 Å². The number of hydrogen-bond acceptors (Lipinski definition) is 1. The van der Waals surface area contributed by atoms with Gasteiger partial charge in [-0.25, -0.2) is 0 Å². The normalized spacial score (nSPS) is 16.7. The molecule has 1 nitrogen and oxygen atoms in total. The topological polar surface area (TPSA) is 26.0 Å². The maximum Gasteiger partial charge on any atom is 0.0292 e. The van der Waals surface area contributed by atoms with Crippen LogP contribution >= 0.6 is 15.9 Å². The zero-order chi connectivity index (χ0) is 6.08. The first-order valence-corrected chi connectivity index (χ1v) is 3.29. The van der Waals surface area contributed by atoms with Gasteiger partial charge in [0.2, 0.25) is 0 Å². The standard InChI is InChI=1S/C5H12BrN/c1-4(6)5(2,3)7/h4H,7H2,1-3H3. The van der Waals surface area contributed by atoms with Crippen LogP contribution in [-0.4, -0.2) is 10.4 Å². The van der Waals surface area contributed by atoms with Crippen molar-refractivity contribution in [3.63, 3.8) is 0 Å². The molecule has 0 spiro atoms. The summed E-state index contributed by atoms with van der Waals surface area (Å²) < 4.78 is 0. The van der Waals surface area contributed by atoms with Gasteiger partial charge in [-0.1, -0.05) is 22.9 Å². The van der Waals surface area contributed by atoms with Crippen LogP contribution in [0, 0.1) is 0 Å². The van der Waals surface area contributed by atoms with Crippen molar-refractivity contribution in [2.75, 3.05) is 0 Å². The minimum Gasteiger partial charge on any atom is -0.325 e. The Morgan fingerprint density at radius 1 is 1.57 bits per heavy atom. The van der Waals surface area contributed by atoms with E-state index in [-0.39, 0.29) is 5.54 Å². The third-order valence-corrected chi connectivity index (χ3v) is 2.21. The SMILES string of the molecule is CC(Br)C(C)(C)N. The molecule has 2 heteroatoms. The number of hydrogen-bond donors (Lipinski definition) is 1. The van der Waals surface area contributed by atoms with Crippen molar-refractivity contribution in [1.29, 1.82) is 0 Å². The zero-order valence-electron chi connectivity index (χ0n) is 5.03. The molecule has 0 aromatic heterocycles. The third kappa shape index (κ3) is 3.06. The van der Waals surface area contributed by atoms with Gasteiger partial charge in [0.15, 0.2) is 0 Å². The second kappa shape index (κ2) is 2.14. The van der Waals surface area contributed by atoms with E-state index in [9.17, 15) is 0 Å². The molecule has 0 rings (SSSR count). The van der Waals surface area contributed by atoms with Gasteiger partial charge in [0.25, 0.3) is 0 Å². The summed E-state index contributed by atoms with van der Waals surface area (Å²) in [6.07, 6.45) is 0. The van der Waals surface area contributed by atoms with E-state index in [0.29, 0.717) is 4.83 Å². The summed E-state index contributed by atoms with van der Waals surface area (Å²) in [6.45, 7) is 6.03. The Bertz CT molecular complexity index is 53.6. The number of alkyl halides is 1. The highest BCUT2D eigenvalue weighted by atomic mass is 79.9. The average molecular weight is 166 g/mol. The van der Waals surface area contributed by atoms with E-state index in [4.69, 9.17) is 5.73 Å². The van der Waals surface area contributed by atoms with Gasteiger partial charge in [0, 0.05) is 10.4 Å². The van der Waals surface area contributed by atoms with Crippen molar-refractivity contribution in [3.05, 3.63) is 0 Å². The minimum absolute atomic E-state index is 0.0833. The summed E-state index contributed by atoms with van der Waals surface area (Å²) in [6, 6.07) is 0. The van der Waals surface area contributed by atoms with E-state index in [1.165, 1.54) is 0 Å². The second-order valence-corrected chi connectivity index (χ2v) is 3.81. The van der Waals surface area contributed by atoms with Crippen LogP contribution in [0.3, 0.4) is 0 Å². The van der Waals surface area contributed by atoms with Crippen molar-refractivity contribution in [2.24, 2.45) is 5.73 Å². The molecule has 0 bridgehead atoms. The predicted octanol–water partition coefficient (Wildman–Crippen LogP) is 1.51. The Labute approximate surface area is 53.4 Å². The van der Waals surface area contributed by atoms with Crippen LogP contribution in [0.25, 0.3) is 0 Å². The smallest absolute Gasteiger partial charge is 0.0292 e. The van der Waals surface area contributed by atoms with Crippen LogP contribution in [0.5, 0.6) is 0 Å². The van der Waals surface area contributed by atoms with Gasteiger partial charge in [0.1, 0.15) is 0 Å². The molecule has 0 fully saturated rings. The van der Waals surface area contributed by atoms with Crippen LogP contribution in [0.15, 0.2) is 0 Å². The summed E-state index contributed by atoms with van der Waals surface area (Å²) in [7, 11) is 0. The summed E-state index contributed by atoms with van der Waals surface area (Å²) in [5.41, 5.74) is 5.55. The molecule has 0 aliphatic carbocycles. The Morgan fingerprint density at radius 3 is 1.71 bits per heavy atom. The quantitative estimate of drug-likeness (QED) is 0.587. The average Bonchev–Trinajstić information content (AvgIpc) is 1.31. The molecule has 0 aliphatic rings. The number of rotatable bonds is 1. The molecule has 0 aliphatic heterocycles. The summed E-state index contributed by atoms with van der Waals surface area (Å²) in [5.74, 6) is 0. The van der Waals surface area contributed by atoms with Crippen LogP contribution in [0.1, 0.15) is 20.8 Å². The van der Waals surface area contributed by atoms with Crippen molar-refractivity contribution >= 4 is 15.9 Å². The summed E-state index contributed by atoms with van der Waals surface area (Å²) in [4.78, 5) is 0.389. The van der Waals surface area contributed by atoms with E-state index in [1.807, 2.05) is 20.8 Å². The molecule has 0 amide bonds. The van der Waals surface area contributed by atoms with E-state index in [1.54, 1.807) is 0 Å². The number of halogens is 1. The molecule has 0 saturated heterocycles. The van der Waals surface area contributed by atoms with Gasteiger partial charge in [0.05, 0.1) is 0 Å². The Kier molecular flexibility index (Phi) is 2.27. The second-order valence-electron chi connectivity index (χ2n) is 2.44. The first-order chi connectivity index (χ1) is 2.94.